The molecule has 8 nitrogen and oxygen atoms in total. The number of likely N-dealkylation sites (tertiary alicyclic amines) is 1. The molecule has 1 fully saturated rings. The molecule has 3 aliphatic rings. The maximum absolute atomic E-state index is 13.6. The largest absolute Gasteiger partial charge is 0.497 e. The van der Waals surface area contributed by atoms with Crippen LogP contribution in [0.25, 0.3) is 5.70 Å². The molecule has 1 atom stereocenters. The van der Waals surface area contributed by atoms with Crippen LogP contribution in [0.5, 0.6) is 5.75 Å². The Bertz CT molecular complexity index is 1280. The third kappa shape index (κ3) is 6.04. The van der Waals surface area contributed by atoms with Gasteiger partial charge in [0.25, 0.3) is 0 Å². The molecular weight excluding hydrogens is 512 g/mol. The first-order chi connectivity index (χ1) is 19.1. The number of thioether (sulfide) groups is 1. The van der Waals surface area contributed by atoms with E-state index >= 15 is 0 Å². The molecule has 2 aromatic carbocycles. The lowest BCUT2D eigenvalue weighted by Gasteiger charge is -2.36. The zero-order chi connectivity index (χ0) is 27.2. The highest BCUT2D eigenvalue weighted by Crippen LogP contribution is 2.47. The van der Waals surface area contributed by atoms with Crippen molar-refractivity contribution in [3.8, 4) is 5.75 Å². The Balaban J connectivity index is 1.48. The van der Waals surface area contributed by atoms with Crippen molar-refractivity contribution in [3.05, 3.63) is 82.4 Å². The minimum Gasteiger partial charge on any atom is -0.497 e. The minimum absolute atomic E-state index is 0.0497. The Morgan fingerprint density at radius 1 is 1.08 bits per heavy atom. The monoisotopic (exact) mass is 546 g/mol. The van der Waals surface area contributed by atoms with E-state index in [2.05, 4.69) is 10.2 Å². The smallest absolute Gasteiger partial charge is 0.338 e. The molecule has 0 aliphatic carbocycles. The lowest BCUT2D eigenvalue weighted by atomic mass is 9.91. The van der Waals surface area contributed by atoms with E-state index in [0.717, 1.165) is 47.4 Å². The summed E-state index contributed by atoms with van der Waals surface area (Å²) in [6.45, 7) is 5.72. The van der Waals surface area contributed by atoms with E-state index in [4.69, 9.17) is 14.5 Å². The summed E-state index contributed by atoms with van der Waals surface area (Å²) in [6.07, 6.45) is 2.64. The van der Waals surface area contributed by atoms with Crippen molar-refractivity contribution < 1.29 is 19.1 Å². The van der Waals surface area contributed by atoms with Crippen molar-refractivity contribution in [3.63, 3.8) is 0 Å². The summed E-state index contributed by atoms with van der Waals surface area (Å²) >= 11 is 1.47. The standard InChI is InChI=1S/C30H34N4O4S/c1-3-38-29(36)26-27(21-9-5-4-6-10-21)32-30-34(28(26)22-11-13-24(37-2)14-12-22)23(20-39-30)19-25(35)31-15-18-33-16-7-8-17-33/h4-6,9-14,20,28H,3,7-8,15-19H2,1-2H3,(H,31,35)/t28-/m1/s1. The van der Waals surface area contributed by atoms with Gasteiger partial charge in [-0.3, -0.25) is 4.79 Å². The maximum Gasteiger partial charge on any atom is 0.338 e. The van der Waals surface area contributed by atoms with Crippen LogP contribution in [0.15, 0.2) is 76.3 Å². The van der Waals surface area contributed by atoms with E-state index in [0.29, 0.717) is 17.8 Å². The molecule has 1 saturated heterocycles. The average Bonchev–Trinajstić information content (AvgIpc) is 3.63. The number of amides is 1. The van der Waals surface area contributed by atoms with Crippen LogP contribution in [0.2, 0.25) is 0 Å². The summed E-state index contributed by atoms with van der Waals surface area (Å²) in [5, 5.41) is 5.76. The van der Waals surface area contributed by atoms with Crippen molar-refractivity contribution in [2.24, 2.45) is 4.99 Å². The zero-order valence-corrected chi connectivity index (χ0v) is 23.2. The summed E-state index contributed by atoms with van der Waals surface area (Å²) < 4.78 is 11.0. The number of carbonyl (C=O) groups is 2. The topological polar surface area (TPSA) is 83.5 Å². The van der Waals surface area contributed by atoms with Crippen LogP contribution in [0.1, 0.15) is 43.4 Å². The van der Waals surface area contributed by atoms with E-state index in [1.165, 1.54) is 24.6 Å². The second-order valence-electron chi connectivity index (χ2n) is 9.59. The van der Waals surface area contributed by atoms with Crippen molar-refractivity contribution in [2.75, 3.05) is 39.9 Å². The second-order valence-corrected chi connectivity index (χ2v) is 10.4. The van der Waals surface area contributed by atoms with Crippen LogP contribution in [0.4, 0.5) is 0 Å². The van der Waals surface area contributed by atoms with Crippen LogP contribution in [-0.2, 0) is 14.3 Å². The number of fused-ring (bicyclic) bond motifs is 1. The van der Waals surface area contributed by atoms with Gasteiger partial charge >= 0.3 is 5.97 Å². The number of hydrogen-bond acceptors (Lipinski definition) is 8. The van der Waals surface area contributed by atoms with Gasteiger partial charge in [0, 0.05) is 24.4 Å². The van der Waals surface area contributed by atoms with E-state index in [9.17, 15) is 9.59 Å². The van der Waals surface area contributed by atoms with Crippen molar-refractivity contribution >= 4 is 34.5 Å². The van der Waals surface area contributed by atoms with Crippen molar-refractivity contribution in [2.45, 2.75) is 32.2 Å². The fourth-order valence-electron chi connectivity index (χ4n) is 5.18. The van der Waals surface area contributed by atoms with E-state index < -0.39 is 12.0 Å². The molecule has 3 aliphatic heterocycles. The maximum atomic E-state index is 13.6. The molecule has 5 rings (SSSR count). The number of rotatable bonds is 10. The fourth-order valence-corrected chi connectivity index (χ4v) is 6.10. The highest BCUT2D eigenvalue weighted by atomic mass is 32.2. The summed E-state index contributed by atoms with van der Waals surface area (Å²) in [4.78, 5) is 35.9. The molecule has 0 bridgehead atoms. The predicted molar refractivity (Wildman–Crippen MR) is 154 cm³/mol. The molecule has 3 heterocycles. The number of nitrogens with one attached hydrogen (secondary N) is 1. The van der Waals surface area contributed by atoms with Gasteiger partial charge in [-0.2, -0.15) is 0 Å². The van der Waals surface area contributed by atoms with Gasteiger partial charge in [0.2, 0.25) is 5.91 Å². The predicted octanol–water partition coefficient (Wildman–Crippen LogP) is 4.57. The summed E-state index contributed by atoms with van der Waals surface area (Å²) in [6, 6.07) is 16.8. The number of aliphatic imine (C=N–C) groups is 1. The van der Waals surface area contributed by atoms with Gasteiger partial charge in [0.05, 0.1) is 37.4 Å². The molecule has 0 aromatic heterocycles. The van der Waals surface area contributed by atoms with Crippen molar-refractivity contribution in [1.82, 2.24) is 15.1 Å². The van der Waals surface area contributed by atoms with Gasteiger partial charge in [-0.15, -0.1) is 0 Å². The summed E-state index contributed by atoms with van der Waals surface area (Å²) in [7, 11) is 1.62. The Morgan fingerprint density at radius 2 is 1.82 bits per heavy atom. The number of carbonyl (C=O) groups excluding carboxylic acids is 2. The normalized spacial score (nSPS) is 18.9. The first kappa shape index (κ1) is 27.0. The van der Waals surface area contributed by atoms with E-state index in [-0.39, 0.29) is 18.9 Å². The number of esters is 1. The third-order valence-electron chi connectivity index (χ3n) is 7.07. The highest BCUT2D eigenvalue weighted by molar-refractivity contribution is 8.16. The van der Waals surface area contributed by atoms with Crippen LogP contribution in [0, 0.1) is 0 Å². The van der Waals surface area contributed by atoms with Gasteiger partial charge in [0.1, 0.15) is 5.75 Å². The first-order valence-electron chi connectivity index (χ1n) is 13.4. The number of amidine groups is 1. The fraction of sp³-hybridized carbons (Fsp3) is 0.367. The summed E-state index contributed by atoms with van der Waals surface area (Å²) in [5.41, 5.74) is 3.53. The van der Waals surface area contributed by atoms with Crippen LogP contribution >= 0.6 is 11.8 Å². The molecule has 0 radical (unpaired) electrons. The van der Waals surface area contributed by atoms with Crippen LogP contribution < -0.4 is 10.1 Å². The lowest BCUT2D eigenvalue weighted by Crippen LogP contribution is -2.39. The molecule has 1 N–H and O–H groups in total. The first-order valence-corrected chi connectivity index (χ1v) is 14.3. The van der Waals surface area contributed by atoms with Crippen LogP contribution in [-0.4, -0.2) is 66.7 Å². The average molecular weight is 547 g/mol. The lowest BCUT2D eigenvalue weighted by molar-refractivity contribution is -0.139. The summed E-state index contributed by atoms with van der Waals surface area (Å²) in [5.74, 6) is 0.245. The van der Waals surface area contributed by atoms with Crippen LogP contribution in [0.3, 0.4) is 0 Å². The Morgan fingerprint density at radius 3 is 2.51 bits per heavy atom. The highest BCUT2D eigenvalue weighted by Gasteiger charge is 2.42. The number of ether oxygens (including phenoxy) is 2. The number of methoxy groups -OCH3 is 1. The van der Waals surface area contributed by atoms with Gasteiger partial charge in [0.15, 0.2) is 5.17 Å². The Labute approximate surface area is 233 Å². The quantitative estimate of drug-likeness (QED) is 0.437. The molecule has 9 heteroatoms. The van der Waals surface area contributed by atoms with E-state index in [1.807, 2.05) is 64.9 Å². The molecular formula is C30H34N4O4S. The van der Waals surface area contributed by atoms with Crippen molar-refractivity contribution in [1.29, 1.82) is 0 Å². The van der Waals surface area contributed by atoms with Gasteiger partial charge in [-0.1, -0.05) is 54.2 Å². The molecule has 0 saturated carbocycles. The SMILES string of the molecule is CCOC(=O)C1=C(c2ccccc2)N=C2SC=C(CC(=O)NCCN3CCCC3)N2[C@@H]1c1ccc(OC)cc1. The minimum atomic E-state index is -0.517. The van der Waals surface area contributed by atoms with Gasteiger partial charge < -0.3 is 24.6 Å². The molecule has 2 aromatic rings. The molecule has 0 unspecified atom stereocenters. The zero-order valence-electron chi connectivity index (χ0n) is 22.4. The molecule has 0 spiro atoms. The Kier molecular flexibility index (Phi) is 8.68. The van der Waals surface area contributed by atoms with Gasteiger partial charge in [-0.25, -0.2) is 9.79 Å². The Hall–Kier alpha value is -3.56. The number of benzene rings is 2. The molecule has 1 amide bonds. The molecule has 39 heavy (non-hydrogen) atoms. The molecule has 204 valence electrons. The second kappa shape index (κ2) is 12.5. The van der Waals surface area contributed by atoms with Gasteiger partial charge in [-0.05, 0) is 56.0 Å². The number of nitrogens with zero attached hydrogens (tertiary/aromatic N) is 3. The van der Waals surface area contributed by atoms with E-state index in [1.54, 1.807) is 14.0 Å². The number of hydrogen-bond donors (Lipinski definition) is 1. The third-order valence-corrected chi connectivity index (χ3v) is 7.96.